The summed E-state index contributed by atoms with van der Waals surface area (Å²) in [6.07, 6.45) is 1.90. The second-order valence-corrected chi connectivity index (χ2v) is 4.63. The molecule has 2 aromatic heterocycles. The van der Waals surface area contributed by atoms with E-state index in [1.54, 1.807) is 0 Å². The highest BCUT2D eigenvalue weighted by Crippen LogP contribution is 2.22. The summed E-state index contributed by atoms with van der Waals surface area (Å²) in [5, 5.41) is 3.10. The molecular formula is C16H16N4. The van der Waals surface area contributed by atoms with Crippen molar-refractivity contribution in [2.75, 3.05) is 12.4 Å². The topological polar surface area (TPSA) is 53.6 Å². The molecule has 0 aliphatic rings. The molecule has 2 N–H and O–H groups in total. The Morgan fingerprint density at radius 2 is 1.85 bits per heavy atom. The van der Waals surface area contributed by atoms with Gasteiger partial charge in [0.05, 0.1) is 11.4 Å². The minimum atomic E-state index is 0.747. The number of rotatable bonds is 3. The number of nitrogens with zero attached hydrogens (tertiary/aromatic N) is 2. The summed E-state index contributed by atoms with van der Waals surface area (Å²) >= 11 is 0. The Kier molecular flexibility index (Phi) is 3.21. The van der Waals surface area contributed by atoms with E-state index in [4.69, 9.17) is 0 Å². The fourth-order valence-electron chi connectivity index (χ4n) is 2.11. The minimum Gasteiger partial charge on any atom is -0.388 e. The van der Waals surface area contributed by atoms with E-state index in [0.717, 1.165) is 34.2 Å². The van der Waals surface area contributed by atoms with Gasteiger partial charge in [-0.1, -0.05) is 0 Å². The largest absolute Gasteiger partial charge is 0.388 e. The van der Waals surface area contributed by atoms with Crippen molar-refractivity contribution in [3.05, 3.63) is 54.4 Å². The Balaban J connectivity index is 2.04. The fourth-order valence-corrected chi connectivity index (χ4v) is 2.11. The van der Waals surface area contributed by atoms with Gasteiger partial charge in [0.2, 0.25) is 0 Å². The Morgan fingerprint density at radius 1 is 1.05 bits per heavy atom. The fraction of sp³-hybridized carbons (Fsp3) is 0.125. The van der Waals surface area contributed by atoms with Crippen LogP contribution >= 0.6 is 0 Å². The van der Waals surface area contributed by atoms with Crippen molar-refractivity contribution >= 4 is 5.69 Å². The smallest absolute Gasteiger partial charge is 0.160 e. The highest BCUT2D eigenvalue weighted by Gasteiger charge is 2.07. The zero-order valence-electron chi connectivity index (χ0n) is 11.5. The Labute approximate surface area is 117 Å². The predicted molar refractivity (Wildman–Crippen MR) is 81.5 cm³/mol. The molecule has 0 fully saturated rings. The van der Waals surface area contributed by atoms with Crippen LogP contribution in [0.4, 0.5) is 5.69 Å². The first-order valence-corrected chi connectivity index (χ1v) is 6.54. The maximum atomic E-state index is 4.64. The number of hydrogen-bond donors (Lipinski definition) is 2. The third kappa shape index (κ3) is 2.40. The molecule has 4 heteroatoms. The average Bonchev–Trinajstić information content (AvgIpc) is 3.01. The van der Waals surface area contributed by atoms with Crippen LogP contribution in [0, 0.1) is 6.92 Å². The van der Waals surface area contributed by atoms with E-state index in [2.05, 4.69) is 20.3 Å². The molecular weight excluding hydrogens is 248 g/mol. The first-order chi connectivity index (χ1) is 9.76. The number of benzene rings is 1. The molecule has 0 atom stereocenters. The van der Waals surface area contributed by atoms with Crippen LogP contribution in [0.25, 0.3) is 22.8 Å². The van der Waals surface area contributed by atoms with Gasteiger partial charge in [-0.05, 0) is 49.4 Å². The van der Waals surface area contributed by atoms with E-state index in [1.807, 2.05) is 62.6 Å². The molecule has 1 aromatic carbocycles. The van der Waals surface area contributed by atoms with Gasteiger partial charge in [-0.3, -0.25) is 0 Å². The number of aromatic nitrogens is 3. The van der Waals surface area contributed by atoms with E-state index < -0.39 is 0 Å². The zero-order valence-corrected chi connectivity index (χ0v) is 11.5. The molecule has 0 saturated heterocycles. The summed E-state index contributed by atoms with van der Waals surface area (Å²) in [5.41, 5.74) is 4.96. The van der Waals surface area contributed by atoms with Gasteiger partial charge in [-0.15, -0.1) is 0 Å². The van der Waals surface area contributed by atoms with Crippen molar-refractivity contribution in [3.63, 3.8) is 0 Å². The zero-order chi connectivity index (χ0) is 13.9. The third-order valence-electron chi connectivity index (χ3n) is 3.16. The van der Waals surface area contributed by atoms with Crippen LogP contribution in [0.2, 0.25) is 0 Å². The number of anilines is 1. The quantitative estimate of drug-likeness (QED) is 0.761. The highest BCUT2D eigenvalue weighted by molar-refractivity contribution is 5.63. The van der Waals surface area contributed by atoms with Crippen molar-refractivity contribution in [1.82, 2.24) is 15.0 Å². The maximum Gasteiger partial charge on any atom is 0.160 e. The molecule has 3 aromatic rings. The number of hydrogen-bond acceptors (Lipinski definition) is 3. The summed E-state index contributed by atoms with van der Waals surface area (Å²) in [6, 6.07) is 14.1. The van der Waals surface area contributed by atoms with Crippen molar-refractivity contribution in [1.29, 1.82) is 0 Å². The van der Waals surface area contributed by atoms with Gasteiger partial charge in [0, 0.05) is 30.2 Å². The molecule has 4 nitrogen and oxygen atoms in total. The summed E-state index contributed by atoms with van der Waals surface area (Å²) in [6.45, 7) is 1.99. The molecule has 3 rings (SSSR count). The summed E-state index contributed by atoms with van der Waals surface area (Å²) in [7, 11) is 1.90. The minimum absolute atomic E-state index is 0.747. The first kappa shape index (κ1) is 12.4. The van der Waals surface area contributed by atoms with Gasteiger partial charge in [-0.2, -0.15) is 0 Å². The molecule has 0 bridgehead atoms. The third-order valence-corrected chi connectivity index (χ3v) is 3.16. The number of aromatic amines is 1. The lowest BCUT2D eigenvalue weighted by atomic mass is 10.1. The standard InChI is InChI=1S/C16H16N4/c1-11-10-15(14-4-3-9-18-14)20-16(19-11)12-5-7-13(17-2)8-6-12/h3-10,17-18H,1-2H3. The molecule has 100 valence electrons. The van der Waals surface area contributed by atoms with Gasteiger partial charge in [0.25, 0.3) is 0 Å². The molecule has 0 radical (unpaired) electrons. The molecule has 0 aliphatic carbocycles. The molecule has 0 amide bonds. The van der Waals surface area contributed by atoms with E-state index >= 15 is 0 Å². The van der Waals surface area contributed by atoms with Gasteiger partial charge in [0.15, 0.2) is 5.82 Å². The van der Waals surface area contributed by atoms with Crippen LogP contribution in [0.1, 0.15) is 5.69 Å². The van der Waals surface area contributed by atoms with Crippen molar-refractivity contribution in [2.24, 2.45) is 0 Å². The first-order valence-electron chi connectivity index (χ1n) is 6.54. The van der Waals surface area contributed by atoms with Crippen LogP contribution < -0.4 is 5.32 Å². The van der Waals surface area contributed by atoms with Gasteiger partial charge < -0.3 is 10.3 Å². The van der Waals surface area contributed by atoms with Crippen molar-refractivity contribution in [3.8, 4) is 22.8 Å². The number of nitrogens with one attached hydrogen (secondary N) is 2. The predicted octanol–water partition coefficient (Wildman–Crippen LogP) is 3.49. The summed E-state index contributed by atoms with van der Waals surface area (Å²) in [5.74, 6) is 0.747. The van der Waals surface area contributed by atoms with Crippen LogP contribution in [-0.2, 0) is 0 Å². The second-order valence-electron chi connectivity index (χ2n) is 4.63. The Bertz CT molecular complexity index is 700. The van der Waals surface area contributed by atoms with Gasteiger partial charge in [-0.25, -0.2) is 9.97 Å². The van der Waals surface area contributed by atoms with Crippen LogP contribution in [0.15, 0.2) is 48.7 Å². The SMILES string of the molecule is CNc1ccc(-c2nc(C)cc(-c3ccc[nH]3)n2)cc1. The number of aryl methyl sites for hydroxylation is 1. The molecule has 0 spiro atoms. The summed E-state index contributed by atoms with van der Waals surface area (Å²) in [4.78, 5) is 12.3. The lowest BCUT2D eigenvalue weighted by Crippen LogP contribution is -1.95. The molecule has 2 heterocycles. The maximum absolute atomic E-state index is 4.64. The van der Waals surface area contributed by atoms with E-state index in [1.165, 1.54) is 0 Å². The van der Waals surface area contributed by atoms with E-state index in [9.17, 15) is 0 Å². The number of H-pyrrole nitrogens is 1. The average molecular weight is 264 g/mol. The Hall–Kier alpha value is -2.62. The van der Waals surface area contributed by atoms with Gasteiger partial charge >= 0.3 is 0 Å². The lowest BCUT2D eigenvalue weighted by Gasteiger charge is -2.06. The second kappa shape index (κ2) is 5.17. The monoisotopic (exact) mass is 264 g/mol. The highest BCUT2D eigenvalue weighted by atomic mass is 14.9. The molecule has 0 aliphatic heterocycles. The molecule has 20 heavy (non-hydrogen) atoms. The molecule has 0 saturated carbocycles. The lowest BCUT2D eigenvalue weighted by molar-refractivity contribution is 1.11. The van der Waals surface area contributed by atoms with Crippen LogP contribution in [-0.4, -0.2) is 22.0 Å². The van der Waals surface area contributed by atoms with Crippen molar-refractivity contribution in [2.45, 2.75) is 6.92 Å². The van der Waals surface area contributed by atoms with E-state index in [-0.39, 0.29) is 0 Å². The van der Waals surface area contributed by atoms with Crippen molar-refractivity contribution < 1.29 is 0 Å². The normalized spacial score (nSPS) is 10.5. The Morgan fingerprint density at radius 3 is 2.50 bits per heavy atom. The van der Waals surface area contributed by atoms with Crippen LogP contribution in [0.3, 0.4) is 0 Å². The van der Waals surface area contributed by atoms with E-state index in [0.29, 0.717) is 0 Å². The molecule has 0 unspecified atom stereocenters. The van der Waals surface area contributed by atoms with Crippen LogP contribution in [0.5, 0.6) is 0 Å². The van der Waals surface area contributed by atoms with Gasteiger partial charge in [0.1, 0.15) is 0 Å². The summed E-state index contributed by atoms with van der Waals surface area (Å²) < 4.78 is 0.